The number of anilines is 1. The Kier molecular flexibility index (Phi) is 6.26. The molecule has 0 aliphatic carbocycles. The van der Waals surface area contributed by atoms with Crippen molar-refractivity contribution in [3.05, 3.63) is 83.8 Å². The molecule has 4 aromatic rings. The summed E-state index contributed by atoms with van der Waals surface area (Å²) in [5.74, 6) is 1.48. The molecule has 32 heavy (non-hydrogen) atoms. The first kappa shape index (κ1) is 21.2. The Morgan fingerprint density at radius 2 is 1.88 bits per heavy atom. The fourth-order valence-electron chi connectivity index (χ4n) is 3.23. The molecule has 0 saturated heterocycles. The Balaban J connectivity index is 1.39. The van der Waals surface area contributed by atoms with Crippen LogP contribution in [0.3, 0.4) is 0 Å². The quantitative estimate of drug-likeness (QED) is 0.443. The minimum Gasteiger partial charge on any atom is -0.493 e. The van der Waals surface area contributed by atoms with Crippen LogP contribution in [0.25, 0.3) is 5.65 Å². The van der Waals surface area contributed by atoms with Crippen LogP contribution in [-0.2, 0) is 11.4 Å². The number of hydrogen-bond donors (Lipinski definition) is 1. The highest BCUT2D eigenvalue weighted by atomic mass is 16.5. The monoisotopic (exact) mass is 431 g/mol. The second-order valence-corrected chi connectivity index (χ2v) is 7.44. The van der Waals surface area contributed by atoms with Crippen molar-refractivity contribution in [2.24, 2.45) is 0 Å². The predicted molar refractivity (Wildman–Crippen MR) is 123 cm³/mol. The first-order valence-electron chi connectivity index (χ1n) is 10.2. The maximum absolute atomic E-state index is 12.4. The second-order valence-electron chi connectivity index (χ2n) is 7.44. The van der Waals surface area contributed by atoms with E-state index in [1.54, 1.807) is 25.3 Å². The highest BCUT2D eigenvalue weighted by Crippen LogP contribution is 2.31. The molecule has 0 spiro atoms. The zero-order chi connectivity index (χ0) is 22.5. The number of aryl methyl sites for hydroxylation is 2. The van der Waals surface area contributed by atoms with Gasteiger partial charge in [0.05, 0.1) is 12.8 Å². The van der Waals surface area contributed by atoms with Crippen LogP contribution in [0.4, 0.5) is 5.69 Å². The molecule has 0 aliphatic rings. The number of pyridine rings is 1. The minimum absolute atomic E-state index is 0.0913. The van der Waals surface area contributed by atoms with E-state index in [9.17, 15) is 4.79 Å². The molecule has 1 N–H and O–H groups in total. The van der Waals surface area contributed by atoms with Gasteiger partial charge in [0.25, 0.3) is 5.91 Å². The van der Waals surface area contributed by atoms with Crippen LogP contribution in [0.15, 0.2) is 67.0 Å². The Bertz CT molecular complexity index is 1220. The fraction of sp³-hybridized carbons (Fsp3) is 0.200. The maximum atomic E-state index is 12.4. The van der Waals surface area contributed by atoms with Crippen molar-refractivity contribution in [2.75, 3.05) is 19.0 Å². The molecule has 164 valence electrons. The largest absolute Gasteiger partial charge is 0.493 e. The van der Waals surface area contributed by atoms with Crippen LogP contribution in [0.1, 0.15) is 16.8 Å². The van der Waals surface area contributed by atoms with Crippen LogP contribution in [0.5, 0.6) is 17.2 Å². The van der Waals surface area contributed by atoms with Crippen molar-refractivity contribution in [2.45, 2.75) is 20.5 Å². The summed E-state index contributed by atoms with van der Waals surface area (Å²) < 4.78 is 18.9. The number of carbonyl (C=O) groups excluding carboxylic acids is 1. The zero-order valence-corrected chi connectivity index (χ0v) is 18.3. The summed E-state index contributed by atoms with van der Waals surface area (Å²) in [6, 6.07) is 16.8. The van der Waals surface area contributed by atoms with Crippen molar-refractivity contribution in [1.82, 2.24) is 9.38 Å². The van der Waals surface area contributed by atoms with Gasteiger partial charge in [0.2, 0.25) is 0 Å². The number of imidazole rings is 1. The number of nitrogens with one attached hydrogen (secondary N) is 1. The molecular formula is C25H25N3O4. The Hall–Kier alpha value is -4.00. The van der Waals surface area contributed by atoms with Gasteiger partial charge in [-0.3, -0.25) is 4.79 Å². The van der Waals surface area contributed by atoms with Crippen LogP contribution in [-0.4, -0.2) is 29.0 Å². The summed E-state index contributed by atoms with van der Waals surface area (Å²) in [6.45, 7) is 4.22. The average molecular weight is 431 g/mol. The Morgan fingerprint density at radius 3 is 2.66 bits per heavy atom. The molecule has 0 bridgehead atoms. The van der Waals surface area contributed by atoms with E-state index in [1.165, 1.54) is 5.56 Å². The lowest BCUT2D eigenvalue weighted by molar-refractivity contribution is -0.118. The Labute approximate surface area is 186 Å². The number of ether oxygens (including phenoxy) is 3. The van der Waals surface area contributed by atoms with Gasteiger partial charge in [0.1, 0.15) is 18.0 Å². The van der Waals surface area contributed by atoms with Gasteiger partial charge < -0.3 is 23.9 Å². The van der Waals surface area contributed by atoms with Gasteiger partial charge in [-0.15, -0.1) is 0 Å². The SMILES string of the molecule is COc1ccc(NC(=O)COc2ccc(C)c(C)c2)cc1OCc1cn2ccccc2n1. The molecule has 2 heterocycles. The third-order valence-electron chi connectivity index (χ3n) is 5.09. The van der Waals surface area contributed by atoms with Crippen molar-refractivity contribution >= 4 is 17.2 Å². The van der Waals surface area contributed by atoms with Gasteiger partial charge in [-0.1, -0.05) is 12.1 Å². The van der Waals surface area contributed by atoms with Gasteiger partial charge in [-0.05, 0) is 61.4 Å². The fourth-order valence-corrected chi connectivity index (χ4v) is 3.23. The van der Waals surface area contributed by atoms with E-state index in [0.29, 0.717) is 22.9 Å². The van der Waals surface area contributed by atoms with E-state index >= 15 is 0 Å². The molecule has 7 heteroatoms. The summed E-state index contributed by atoms with van der Waals surface area (Å²) in [5.41, 5.74) is 4.52. The normalized spacial score (nSPS) is 10.7. The van der Waals surface area contributed by atoms with E-state index in [2.05, 4.69) is 10.3 Å². The molecule has 0 radical (unpaired) electrons. The highest BCUT2D eigenvalue weighted by molar-refractivity contribution is 5.92. The molecule has 2 aromatic heterocycles. The first-order chi connectivity index (χ1) is 15.5. The lowest BCUT2D eigenvalue weighted by atomic mass is 10.1. The molecule has 2 aromatic carbocycles. The number of benzene rings is 2. The van der Waals surface area contributed by atoms with Crippen LogP contribution in [0, 0.1) is 13.8 Å². The molecule has 0 fully saturated rings. The standard InChI is InChI=1S/C25H25N3O4/c1-17-7-9-21(12-18(17)2)31-16-25(29)27-19-8-10-22(30-3)23(13-19)32-15-20-14-28-11-5-4-6-24(28)26-20/h4-14H,15-16H2,1-3H3,(H,27,29). The molecule has 0 aliphatic heterocycles. The molecule has 7 nitrogen and oxygen atoms in total. The molecule has 0 atom stereocenters. The molecule has 1 amide bonds. The Morgan fingerprint density at radius 1 is 1.00 bits per heavy atom. The zero-order valence-electron chi connectivity index (χ0n) is 18.3. The highest BCUT2D eigenvalue weighted by Gasteiger charge is 2.11. The van der Waals surface area contributed by atoms with E-state index in [4.69, 9.17) is 14.2 Å². The third kappa shape index (κ3) is 5.00. The van der Waals surface area contributed by atoms with Gasteiger partial charge in [-0.25, -0.2) is 4.98 Å². The first-order valence-corrected chi connectivity index (χ1v) is 10.2. The number of rotatable bonds is 8. The molecular weight excluding hydrogens is 406 g/mol. The average Bonchev–Trinajstić information content (AvgIpc) is 3.22. The van der Waals surface area contributed by atoms with Crippen LogP contribution in [0.2, 0.25) is 0 Å². The summed E-state index contributed by atoms with van der Waals surface area (Å²) in [7, 11) is 1.57. The van der Waals surface area contributed by atoms with Gasteiger partial charge in [0.15, 0.2) is 18.1 Å². The number of amides is 1. The van der Waals surface area contributed by atoms with Crippen molar-refractivity contribution < 1.29 is 19.0 Å². The van der Waals surface area contributed by atoms with E-state index in [0.717, 1.165) is 16.9 Å². The molecule has 0 saturated carbocycles. The summed E-state index contributed by atoms with van der Waals surface area (Å²) in [4.78, 5) is 16.9. The van der Waals surface area contributed by atoms with E-state index < -0.39 is 0 Å². The minimum atomic E-state index is -0.264. The number of aromatic nitrogens is 2. The summed E-state index contributed by atoms with van der Waals surface area (Å²) in [5, 5.41) is 2.83. The molecule has 4 rings (SSSR count). The number of hydrogen-bond acceptors (Lipinski definition) is 5. The van der Waals surface area contributed by atoms with Crippen LogP contribution < -0.4 is 19.5 Å². The topological polar surface area (TPSA) is 74.1 Å². The van der Waals surface area contributed by atoms with E-state index in [1.807, 2.05) is 67.0 Å². The lowest BCUT2D eigenvalue weighted by Gasteiger charge is -2.13. The van der Waals surface area contributed by atoms with Gasteiger partial charge >= 0.3 is 0 Å². The van der Waals surface area contributed by atoms with Gasteiger partial charge in [-0.2, -0.15) is 0 Å². The van der Waals surface area contributed by atoms with Gasteiger partial charge in [0, 0.05) is 24.1 Å². The smallest absolute Gasteiger partial charge is 0.262 e. The van der Waals surface area contributed by atoms with Crippen molar-refractivity contribution in [3.8, 4) is 17.2 Å². The number of fused-ring (bicyclic) bond motifs is 1. The maximum Gasteiger partial charge on any atom is 0.262 e. The van der Waals surface area contributed by atoms with Crippen molar-refractivity contribution in [3.63, 3.8) is 0 Å². The summed E-state index contributed by atoms with van der Waals surface area (Å²) >= 11 is 0. The summed E-state index contributed by atoms with van der Waals surface area (Å²) in [6.07, 6.45) is 3.85. The number of carbonyl (C=O) groups is 1. The predicted octanol–water partition coefficient (Wildman–Crippen LogP) is 4.56. The molecule has 0 unspecified atom stereocenters. The number of nitrogens with zero attached hydrogens (tertiary/aromatic N) is 2. The van der Waals surface area contributed by atoms with E-state index in [-0.39, 0.29) is 19.1 Å². The van der Waals surface area contributed by atoms with Crippen molar-refractivity contribution in [1.29, 1.82) is 0 Å². The second kappa shape index (κ2) is 9.43. The van der Waals surface area contributed by atoms with Crippen LogP contribution >= 0.6 is 0 Å². The number of methoxy groups -OCH3 is 1. The lowest BCUT2D eigenvalue weighted by Crippen LogP contribution is -2.20. The third-order valence-corrected chi connectivity index (χ3v) is 5.09.